The summed E-state index contributed by atoms with van der Waals surface area (Å²) in [6.07, 6.45) is 1.68. The second-order valence-electron chi connectivity index (χ2n) is 6.31. The van der Waals surface area contributed by atoms with Crippen LogP contribution < -0.4 is 5.73 Å². The van der Waals surface area contributed by atoms with Crippen LogP contribution in [0.25, 0.3) is 5.57 Å². The highest BCUT2D eigenvalue weighted by Crippen LogP contribution is 2.39. The average Bonchev–Trinajstić information content (AvgIpc) is 3.09. The van der Waals surface area contributed by atoms with Gasteiger partial charge in [0.05, 0.1) is 32.9 Å². The number of nitrogens with zero attached hydrogens (tertiary/aromatic N) is 3. The van der Waals surface area contributed by atoms with Crippen molar-refractivity contribution in [2.45, 2.75) is 20.8 Å². The number of nitro benzene ring substituents is 2. The Morgan fingerprint density at radius 3 is 2.30 bits per heavy atom. The number of nitrogens with one attached hydrogen (secondary N) is 1. The van der Waals surface area contributed by atoms with E-state index in [1.807, 2.05) is 19.9 Å². The van der Waals surface area contributed by atoms with E-state index in [1.54, 1.807) is 13.0 Å². The molecule has 2 heterocycles. The third kappa shape index (κ3) is 3.22. The van der Waals surface area contributed by atoms with Crippen LogP contribution in [0.3, 0.4) is 0 Å². The fourth-order valence-electron chi connectivity index (χ4n) is 3.16. The van der Waals surface area contributed by atoms with Crippen LogP contribution in [0.1, 0.15) is 29.4 Å². The van der Waals surface area contributed by atoms with E-state index in [0.29, 0.717) is 22.8 Å². The van der Waals surface area contributed by atoms with Crippen LogP contribution in [0.15, 0.2) is 46.6 Å². The fraction of sp³-hybridized carbons (Fsp3) is 0.167. The van der Waals surface area contributed by atoms with Gasteiger partial charge in [-0.25, -0.2) is 4.99 Å². The molecule has 1 aromatic heterocycles. The van der Waals surface area contributed by atoms with Gasteiger partial charge < -0.3 is 10.7 Å². The van der Waals surface area contributed by atoms with Crippen molar-refractivity contribution in [2.24, 2.45) is 10.7 Å². The number of allylic oxidation sites excluding steroid dienone is 1. The highest BCUT2D eigenvalue weighted by molar-refractivity contribution is 6.00. The fourth-order valence-corrected chi connectivity index (χ4v) is 3.16. The largest absolute Gasteiger partial charge is 0.384 e. The van der Waals surface area contributed by atoms with Crippen LogP contribution in [0.2, 0.25) is 0 Å². The first-order valence-electron chi connectivity index (χ1n) is 8.06. The van der Waals surface area contributed by atoms with Gasteiger partial charge in [-0.2, -0.15) is 0 Å². The van der Waals surface area contributed by atoms with E-state index in [9.17, 15) is 20.2 Å². The van der Waals surface area contributed by atoms with Crippen LogP contribution in [0.5, 0.6) is 0 Å². The number of aromatic amines is 1. The molecule has 1 aliphatic heterocycles. The van der Waals surface area contributed by atoms with Gasteiger partial charge in [-0.3, -0.25) is 20.2 Å². The molecule has 0 aliphatic carbocycles. The molecule has 138 valence electrons. The molecule has 1 aromatic carbocycles. The van der Waals surface area contributed by atoms with E-state index in [0.717, 1.165) is 22.9 Å². The summed E-state index contributed by atoms with van der Waals surface area (Å²) in [6.45, 7) is 5.55. The van der Waals surface area contributed by atoms with Gasteiger partial charge in [0, 0.05) is 17.3 Å². The van der Waals surface area contributed by atoms with Crippen molar-refractivity contribution in [3.05, 3.63) is 84.4 Å². The number of hydrogen-bond acceptors (Lipinski definition) is 6. The number of H-pyrrole nitrogens is 1. The van der Waals surface area contributed by atoms with Gasteiger partial charge in [-0.1, -0.05) is 0 Å². The summed E-state index contributed by atoms with van der Waals surface area (Å²) in [5.74, 6) is 0.297. The molecule has 2 aromatic rings. The maximum atomic E-state index is 11.7. The minimum Gasteiger partial charge on any atom is -0.384 e. The van der Waals surface area contributed by atoms with Crippen molar-refractivity contribution in [3.63, 3.8) is 0 Å². The first-order valence-corrected chi connectivity index (χ1v) is 8.06. The predicted molar refractivity (Wildman–Crippen MR) is 101 cm³/mol. The van der Waals surface area contributed by atoms with Crippen LogP contribution in [0.4, 0.5) is 11.4 Å². The molecule has 27 heavy (non-hydrogen) atoms. The lowest BCUT2D eigenvalue weighted by Gasteiger charge is -2.12. The second-order valence-corrected chi connectivity index (χ2v) is 6.31. The Labute approximate surface area is 154 Å². The third-order valence-electron chi connectivity index (χ3n) is 4.27. The summed E-state index contributed by atoms with van der Waals surface area (Å²) in [5, 5.41) is 22.7. The summed E-state index contributed by atoms with van der Waals surface area (Å²) < 4.78 is 0. The Kier molecular flexibility index (Phi) is 4.36. The molecular formula is C18H17N5O4. The van der Waals surface area contributed by atoms with Crippen molar-refractivity contribution in [1.29, 1.82) is 0 Å². The van der Waals surface area contributed by atoms with E-state index in [-0.39, 0.29) is 16.9 Å². The van der Waals surface area contributed by atoms with Crippen molar-refractivity contribution in [3.8, 4) is 0 Å². The topological polar surface area (TPSA) is 140 Å². The zero-order valence-electron chi connectivity index (χ0n) is 14.9. The molecule has 0 unspecified atom stereocenters. The standard InChI is InChI=1S/C18H17N5O4/c1-9-6-11(3)20-17(9)16(18-10(2)7-15(19)21-18)13-5-4-12(22(24)25)8-14(13)23(26)27/h4-8,20H,1-3H3,(H2,19,21). The number of aliphatic imine (C=N–C) groups is 1. The van der Waals surface area contributed by atoms with E-state index in [4.69, 9.17) is 5.73 Å². The van der Waals surface area contributed by atoms with Crippen molar-refractivity contribution in [2.75, 3.05) is 0 Å². The maximum Gasteiger partial charge on any atom is 0.284 e. The number of amidine groups is 1. The van der Waals surface area contributed by atoms with Crippen LogP contribution in [-0.4, -0.2) is 20.7 Å². The number of aryl methyl sites for hydroxylation is 2. The number of non-ortho nitro benzene ring substituents is 1. The highest BCUT2D eigenvalue weighted by atomic mass is 16.6. The number of nitrogens with two attached hydrogens (primary N) is 1. The summed E-state index contributed by atoms with van der Waals surface area (Å²) >= 11 is 0. The smallest absolute Gasteiger partial charge is 0.284 e. The summed E-state index contributed by atoms with van der Waals surface area (Å²) in [5.41, 5.74) is 9.47. The van der Waals surface area contributed by atoms with Crippen LogP contribution in [-0.2, 0) is 0 Å². The monoisotopic (exact) mass is 367 g/mol. The van der Waals surface area contributed by atoms with Gasteiger partial charge in [-0.05, 0) is 50.1 Å². The Morgan fingerprint density at radius 2 is 1.81 bits per heavy atom. The zero-order valence-corrected chi connectivity index (χ0v) is 14.9. The van der Waals surface area contributed by atoms with E-state index >= 15 is 0 Å². The Balaban J connectivity index is 2.39. The average molecular weight is 367 g/mol. The van der Waals surface area contributed by atoms with Gasteiger partial charge in [0.15, 0.2) is 0 Å². The van der Waals surface area contributed by atoms with Gasteiger partial charge >= 0.3 is 0 Å². The SMILES string of the molecule is CC1=CC(N)=NC1=C(c1ccc([N+](=O)[O-])cc1[N+](=O)[O-])c1[nH]c(C)cc1C. The quantitative estimate of drug-likeness (QED) is 0.628. The number of rotatable bonds is 4. The van der Waals surface area contributed by atoms with Crippen LogP contribution in [0, 0.1) is 34.1 Å². The van der Waals surface area contributed by atoms with Crippen molar-refractivity contribution >= 4 is 22.8 Å². The molecule has 0 saturated heterocycles. The predicted octanol–water partition coefficient (Wildman–Crippen LogP) is 3.52. The Hall–Kier alpha value is -3.75. The molecule has 0 saturated carbocycles. The first-order chi connectivity index (χ1) is 12.7. The van der Waals surface area contributed by atoms with Gasteiger partial charge in [0.1, 0.15) is 5.84 Å². The molecule has 0 bridgehead atoms. The zero-order chi connectivity index (χ0) is 19.9. The molecule has 0 spiro atoms. The first kappa shape index (κ1) is 18.1. The van der Waals surface area contributed by atoms with Crippen molar-refractivity contribution < 1.29 is 9.85 Å². The summed E-state index contributed by atoms with van der Waals surface area (Å²) in [7, 11) is 0. The van der Waals surface area contributed by atoms with Gasteiger partial charge in [-0.15, -0.1) is 0 Å². The minimum atomic E-state index is -0.662. The van der Waals surface area contributed by atoms with Gasteiger partial charge in [0.25, 0.3) is 11.4 Å². The van der Waals surface area contributed by atoms with E-state index in [1.165, 1.54) is 12.1 Å². The van der Waals surface area contributed by atoms with Crippen molar-refractivity contribution in [1.82, 2.24) is 4.98 Å². The minimum absolute atomic E-state index is 0.233. The summed E-state index contributed by atoms with van der Waals surface area (Å²) in [4.78, 5) is 29.0. The van der Waals surface area contributed by atoms with E-state index < -0.39 is 9.85 Å². The lowest BCUT2D eigenvalue weighted by Crippen LogP contribution is -2.04. The highest BCUT2D eigenvalue weighted by Gasteiger charge is 2.28. The summed E-state index contributed by atoms with van der Waals surface area (Å²) in [6, 6.07) is 5.50. The number of benzene rings is 1. The Morgan fingerprint density at radius 1 is 1.11 bits per heavy atom. The molecular weight excluding hydrogens is 350 g/mol. The Bertz CT molecular complexity index is 1080. The third-order valence-corrected chi connectivity index (χ3v) is 4.27. The number of nitro groups is 2. The maximum absolute atomic E-state index is 11.7. The van der Waals surface area contributed by atoms with E-state index in [2.05, 4.69) is 9.98 Å². The lowest BCUT2D eigenvalue weighted by atomic mass is 9.94. The molecule has 9 nitrogen and oxygen atoms in total. The molecule has 0 atom stereocenters. The second kappa shape index (κ2) is 6.52. The lowest BCUT2D eigenvalue weighted by molar-refractivity contribution is -0.394. The molecule has 0 radical (unpaired) electrons. The van der Waals surface area contributed by atoms with Crippen LogP contribution >= 0.6 is 0 Å². The van der Waals surface area contributed by atoms with Gasteiger partial charge in [0.2, 0.25) is 0 Å². The number of hydrogen-bond donors (Lipinski definition) is 2. The molecule has 0 amide bonds. The number of aromatic nitrogens is 1. The molecule has 1 aliphatic rings. The molecule has 0 fully saturated rings. The molecule has 9 heteroatoms. The molecule has 3 rings (SSSR count). The normalized spacial score (nSPS) is 15.4. The molecule has 3 N–H and O–H groups in total.